The Hall–Kier alpha value is -3.14. The molecule has 10 heteroatoms. The van der Waals surface area contributed by atoms with Crippen LogP contribution in [0.15, 0.2) is 41.8 Å². The van der Waals surface area contributed by atoms with Crippen LogP contribution in [0.25, 0.3) is 10.7 Å². The lowest BCUT2D eigenvalue weighted by Gasteiger charge is -2.22. The molecule has 1 aromatic carbocycles. The van der Waals surface area contributed by atoms with E-state index in [1.807, 2.05) is 17.5 Å². The fourth-order valence-corrected chi connectivity index (χ4v) is 3.34. The number of rotatable bonds is 9. The number of nitrogens with one attached hydrogen (secondary N) is 1. The third-order valence-corrected chi connectivity index (χ3v) is 5.10. The molecule has 3 rings (SSSR count). The summed E-state index contributed by atoms with van der Waals surface area (Å²) in [6.45, 7) is 4.17. The van der Waals surface area contributed by atoms with Crippen LogP contribution in [0.4, 0.5) is 10.1 Å². The van der Waals surface area contributed by atoms with Crippen molar-refractivity contribution in [3.05, 3.63) is 47.6 Å². The lowest BCUT2D eigenvalue weighted by atomic mass is 10.1. The zero-order valence-electron chi connectivity index (χ0n) is 16.8. The van der Waals surface area contributed by atoms with E-state index >= 15 is 0 Å². The molecule has 0 aliphatic carbocycles. The van der Waals surface area contributed by atoms with Crippen molar-refractivity contribution in [2.45, 2.75) is 26.8 Å². The molecule has 2 aromatic heterocycles. The second kappa shape index (κ2) is 10.1. The minimum atomic E-state index is -0.496. The van der Waals surface area contributed by atoms with Crippen molar-refractivity contribution in [2.75, 3.05) is 18.0 Å². The molecule has 3 aromatic rings. The first kappa shape index (κ1) is 21.6. The van der Waals surface area contributed by atoms with Crippen LogP contribution < -0.4 is 10.2 Å². The Morgan fingerprint density at radius 1 is 1.27 bits per heavy atom. The van der Waals surface area contributed by atoms with Crippen LogP contribution in [0, 0.1) is 11.7 Å². The van der Waals surface area contributed by atoms with Gasteiger partial charge in [-0.05, 0) is 47.2 Å². The zero-order chi connectivity index (χ0) is 21.5. The van der Waals surface area contributed by atoms with Crippen molar-refractivity contribution in [3.63, 3.8) is 0 Å². The highest BCUT2D eigenvalue weighted by atomic mass is 32.1. The van der Waals surface area contributed by atoms with Crippen molar-refractivity contribution in [1.82, 2.24) is 25.5 Å². The lowest BCUT2D eigenvalue weighted by Crippen LogP contribution is -2.43. The maximum absolute atomic E-state index is 13.7. The van der Waals surface area contributed by atoms with E-state index in [9.17, 15) is 14.0 Å². The molecule has 0 saturated heterocycles. The van der Waals surface area contributed by atoms with Crippen LogP contribution in [-0.4, -0.2) is 45.1 Å². The van der Waals surface area contributed by atoms with E-state index in [2.05, 4.69) is 34.6 Å². The molecule has 8 nitrogen and oxygen atoms in total. The summed E-state index contributed by atoms with van der Waals surface area (Å²) >= 11 is 1.46. The number of hydrogen-bond donors (Lipinski definition) is 1. The van der Waals surface area contributed by atoms with E-state index in [1.165, 1.54) is 39.2 Å². The number of aromatic nitrogens is 4. The van der Waals surface area contributed by atoms with Gasteiger partial charge in [0.15, 0.2) is 0 Å². The van der Waals surface area contributed by atoms with Gasteiger partial charge in [0, 0.05) is 12.2 Å². The molecule has 0 bridgehead atoms. The Labute approximate surface area is 177 Å². The number of thiophene rings is 1. The molecule has 0 fully saturated rings. The summed E-state index contributed by atoms with van der Waals surface area (Å²) < 4.78 is 13.7. The summed E-state index contributed by atoms with van der Waals surface area (Å²) in [5, 5.41) is 16.8. The molecule has 0 radical (unpaired) electrons. The number of halogens is 1. The van der Waals surface area contributed by atoms with Gasteiger partial charge >= 0.3 is 0 Å². The summed E-state index contributed by atoms with van der Waals surface area (Å²) in [5.41, 5.74) is 0.289. The number of hydrogen-bond acceptors (Lipinski definition) is 6. The zero-order valence-corrected chi connectivity index (χ0v) is 17.6. The van der Waals surface area contributed by atoms with Crippen LogP contribution in [0.2, 0.25) is 0 Å². The van der Waals surface area contributed by atoms with Crippen molar-refractivity contribution in [3.8, 4) is 10.7 Å². The predicted octanol–water partition coefficient (Wildman–Crippen LogP) is 2.74. The van der Waals surface area contributed by atoms with Gasteiger partial charge in [-0.2, -0.15) is 4.80 Å². The summed E-state index contributed by atoms with van der Waals surface area (Å²) in [6.07, 6.45) is 0.827. The van der Waals surface area contributed by atoms with E-state index in [-0.39, 0.29) is 24.7 Å². The van der Waals surface area contributed by atoms with Gasteiger partial charge < -0.3 is 10.2 Å². The van der Waals surface area contributed by atoms with Gasteiger partial charge in [-0.1, -0.05) is 26.0 Å². The second-order valence-electron chi connectivity index (χ2n) is 7.11. The molecule has 0 saturated carbocycles. The first-order valence-electron chi connectivity index (χ1n) is 9.56. The average molecular weight is 431 g/mol. The molecule has 0 aliphatic heterocycles. The van der Waals surface area contributed by atoms with Crippen molar-refractivity contribution >= 4 is 28.8 Å². The minimum Gasteiger partial charge on any atom is -0.355 e. The summed E-state index contributed by atoms with van der Waals surface area (Å²) in [6, 6.07) is 9.29. The van der Waals surface area contributed by atoms with Crippen LogP contribution in [0.3, 0.4) is 0 Å². The van der Waals surface area contributed by atoms with Crippen molar-refractivity contribution in [1.29, 1.82) is 0 Å². The topological polar surface area (TPSA) is 93.0 Å². The fraction of sp³-hybridized carbons (Fsp3) is 0.350. The number of tetrazole rings is 1. The predicted molar refractivity (Wildman–Crippen MR) is 112 cm³/mol. The number of carbonyl (C=O) groups is 2. The average Bonchev–Trinajstić information content (AvgIpc) is 3.37. The Kier molecular flexibility index (Phi) is 7.23. The van der Waals surface area contributed by atoms with E-state index < -0.39 is 11.7 Å². The first-order valence-corrected chi connectivity index (χ1v) is 10.4. The fourth-order valence-electron chi connectivity index (χ4n) is 2.69. The van der Waals surface area contributed by atoms with Gasteiger partial charge in [-0.25, -0.2) is 4.39 Å². The standard InChI is InChI=1S/C20H23FN6O2S/c1-14(2)8-9-22-18(28)12-26(16-6-3-5-15(21)11-16)19(29)13-27-24-20(23-25-27)17-7-4-10-30-17/h3-7,10-11,14H,8-9,12-13H2,1-2H3,(H,22,28). The van der Waals surface area contributed by atoms with Gasteiger partial charge in [0.05, 0.1) is 4.88 Å². The maximum atomic E-state index is 13.7. The highest BCUT2D eigenvalue weighted by Gasteiger charge is 2.21. The summed E-state index contributed by atoms with van der Waals surface area (Å²) in [7, 11) is 0. The van der Waals surface area contributed by atoms with Gasteiger partial charge in [0.1, 0.15) is 18.9 Å². The smallest absolute Gasteiger partial charge is 0.251 e. The normalized spacial score (nSPS) is 10.9. The van der Waals surface area contributed by atoms with Gasteiger partial charge in [0.25, 0.3) is 5.91 Å². The Morgan fingerprint density at radius 3 is 2.80 bits per heavy atom. The van der Waals surface area contributed by atoms with Crippen LogP contribution in [0.5, 0.6) is 0 Å². The SMILES string of the molecule is CC(C)CCNC(=O)CN(C(=O)Cn1nnc(-c2cccs2)n1)c1cccc(F)c1. The van der Waals surface area contributed by atoms with Crippen LogP contribution >= 0.6 is 11.3 Å². The van der Waals surface area contributed by atoms with E-state index in [0.717, 1.165) is 11.3 Å². The highest BCUT2D eigenvalue weighted by Crippen LogP contribution is 2.20. The molecule has 2 heterocycles. The number of nitrogens with zero attached hydrogens (tertiary/aromatic N) is 5. The maximum Gasteiger partial charge on any atom is 0.251 e. The van der Waals surface area contributed by atoms with Gasteiger partial charge in [-0.15, -0.1) is 21.5 Å². The summed E-state index contributed by atoms with van der Waals surface area (Å²) in [5.74, 6) is -0.401. The van der Waals surface area contributed by atoms with E-state index in [4.69, 9.17) is 0 Å². The molecule has 2 amide bonds. The van der Waals surface area contributed by atoms with Crippen LogP contribution in [-0.2, 0) is 16.1 Å². The molecule has 0 aliphatic rings. The largest absolute Gasteiger partial charge is 0.355 e. The molecule has 30 heavy (non-hydrogen) atoms. The monoisotopic (exact) mass is 430 g/mol. The Balaban J connectivity index is 1.72. The molecule has 0 spiro atoms. The Bertz CT molecular complexity index is 989. The van der Waals surface area contributed by atoms with Crippen LogP contribution in [0.1, 0.15) is 20.3 Å². The molecular weight excluding hydrogens is 407 g/mol. The minimum absolute atomic E-state index is 0.228. The Morgan fingerprint density at radius 2 is 2.10 bits per heavy atom. The number of benzene rings is 1. The quantitative estimate of drug-likeness (QED) is 0.563. The molecular formula is C20H23FN6O2S. The van der Waals surface area contributed by atoms with Gasteiger partial charge in [-0.3, -0.25) is 9.59 Å². The lowest BCUT2D eigenvalue weighted by molar-refractivity contribution is -0.124. The number of anilines is 1. The molecule has 158 valence electrons. The molecule has 0 atom stereocenters. The number of carbonyl (C=O) groups excluding carboxylic acids is 2. The van der Waals surface area contributed by atoms with Crippen molar-refractivity contribution in [2.24, 2.45) is 5.92 Å². The van der Waals surface area contributed by atoms with Crippen molar-refractivity contribution < 1.29 is 14.0 Å². The molecule has 0 unspecified atom stereocenters. The second-order valence-corrected chi connectivity index (χ2v) is 8.06. The third kappa shape index (κ3) is 5.93. The van der Waals surface area contributed by atoms with E-state index in [1.54, 1.807) is 6.07 Å². The van der Waals surface area contributed by atoms with Gasteiger partial charge in [0.2, 0.25) is 11.7 Å². The first-order chi connectivity index (χ1) is 14.4. The number of amides is 2. The summed E-state index contributed by atoms with van der Waals surface area (Å²) in [4.78, 5) is 28.5. The highest BCUT2D eigenvalue weighted by molar-refractivity contribution is 7.13. The molecule has 1 N–H and O–H groups in total. The van der Waals surface area contributed by atoms with E-state index in [0.29, 0.717) is 18.3 Å². The third-order valence-electron chi connectivity index (χ3n) is 4.24.